The van der Waals surface area contributed by atoms with Crippen LogP contribution < -0.4 is 0 Å². The highest BCUT2D eigenvalue weighted by Gasteiger charge is 2.51. The van der Waals surface area contributed by atoms with Gasteiger partial charge in [0.2, 0.25) is 0 Å². The van der Waals surface area contributed by atoms with E-state index in [4.69, 9.17) is 19.3 Å². The molecule has 0 aromatic heterocycles. The number of hydrogen-bond acceptors (Lipinski definition) is 8. The molecule has 96 valence electrons. The molecule has 0 aromatic rings. The minimum absolute atomic E-state index is 0.00346. The van der Waals surface area contributed by atoms with E-state index in [1.54, 1.807) is 0 Å². The fraction of sp³-hybridized carbons (Fsp3) is 0.875. The fourth-order valence-corrected chi connectivity index (χ4v) is 1.94. The Morgan fingerprint density at radius 2 is 1.94 bits per heavy atom. The third-order valence-corrected chi connectivity index (χ3v) is 2.60. The van der Waals surface area contributed by atoms with E-state index in [0.29, 0.717) is 0 Å². The predicted octanol–water partition coefficient (Wildman–Crippen LogP) is -1.73. The summed E-state index contributed by atoms with van der Waals surface area (Å²) in [5.74, 6) is -0.790. The maximum Gasteiger partial charge on any atom is 0.332 e. The highest BCUT2D eigenvalue weighted by molar-refractivity contribution is 5.70. The van der Waals surface area contributed by atoms with E-state index in [0.717, 1.165) is 0 Å². The highest BCUT2D eigenvalue weighted by Crippen LogP contribution is 2.30. The largest absolute Gasteiger partial charge is 0.455 e. The van der Waals surface area contributed by atoms with E-state index in [2.05, 4.69) is 4.84 Å². The van der Waals surface area contributed by atoms with Crippen LogP contribution in [-0.4, -0.2) is 60.4 Å². The molecule has 0 bridgehead atoms. The zero-order chi connectivity index (χ0) is 12.4. The average Bonchev–Trinajstić information content (AvgIpc) is 2.83. The molecule has 2 rings (SSSR count). The van der Waals surface area contributed by atoms with Gasteiger partial charge in [-0.05, 0) is 0 Å². The Morgan fingerprint density at radius 1 is 1.35 bits per heavy atom. The SMILES string of the molecule is O=C(CO)O[C@@H]1CO[C@H]2[C@@H]1OC[C@@H]2O[N+](=O)[O-]. The van der Waals surface area contributed by atoms with Gasteiger partial charge in [0, 0.05) is 0 Å². The van der Waals surface area contributed by atoms with E-state index < -0.39 is 42.1 Å². The van der Waals surface area contributed by atoms with Gasteiger partial charge in [0.1, 0.15) is 18.8 Å². The van der Waals surface area contributed by atoms with Crippen molar-refractivity contribution in [3.05, 3.63) is 10.1 Å². The van der Waals surface area contributed by atoms with Crippen LogP contribution >= 0.6 is 0 Å². The second-order valence-corrected chi connectivity index (χ2v) is 3.65. The van der Waals surface area contributed by atoms with Crippen LogP contribution in [0.5, 0.6) is 0 Å². The number of carbonyl (C=O) groups excluding carboxylic acids is 1. The molecule has 2 aliphatic rings. The fourth-order valence-electron chi connectivity index (χ4n) is 1.94. The number of hydrogen-bond donors (Lipinski definition) is 1. The summed E-state index contributed by atoms with van der Waals surface area (Å²) in [5.41, 5.74) is 0. The van der Waals surface area contributed by atoms with Crippen LogP contribution in [0.1, 0.15) is 0 Å². The quantitative estimate of drug-likeness (QED) is 0.354. The molecular weight excluding hydrogens is 238 g/mol. The molecule has 0 saturated carbocycles. The number of nitrogens with zero attached hydrogens (tertiary/aromatic N) is 1. The third-order valence-electron chi connectivity index (χ3n) is 2.60. The first kappa shape index (κ1) is 12.0. The molecule has 4 atom stereocenters. The maximum atomic E-state index is 10.9. The Bertz CT molecular complexity index is 321. The van der Waals surface area contributed by atoms with Crippen molar-refractivity contribution in [2.45, 2.75) is 24.4 Å². The zero-order valence-electron chi connectivity index (χ0n) is 8.68. The smallest absolute Gasteiger partial charge is 0.332 e. The predicted molar refractivity (Wildman–Crippen MR) is 48.3 cm³/mol. The lowest BCUT2D eigenvalue weighted by atomic mass is 10.1. The molecule has 0 amide bonds. The summed E-state index contributed by atoms with van der Waals surface area (Å²) in [6.07, 6.45) is -2.69. The molecule has 2 aliphatic heterocycles. The number of ether oxygens (including phenoxy) is 3. The van der Waals surface area contributed by atoms with Gasteiger partial charge in [0.25, 0.3) is 5.09 Å². The number of fused-ring (bicyclic) bond motifs is 1. The van der Waals surface area contributed by atoms with Gasteiger partial charge in [-0.15, -0.1) is 10.1 Å². The third kappa shape index (κ3) is 2.46. The van der Waals surface area contributed by atoms with Crippen molar-refractivity contribution >= 4 is 5.97 Å². The summed E-state index contributed by atoms with van der Waals surface area (Å²) in [5, 5.41) is 17.8. The van der Waals surface area contributed by atoms with Crippen molar-refractivity contribution in [2.24, 2.45) is 0 Å². The van der Waals surface area contributed by atoms with Crippen molar-refractivity contribution in [3.63, 3.8) is 0 Å². The molecule has 0 unspecified atom stereocenters. The highest BCUT2D eigenvalue weighted by atomic mass is 17.0. The summed E-state index contributed by atoms with van der Waals surface area (Å²) in [4.78, 5) is 25.5. The number of carbonyl (C=O) groups is 1. The summed E-state index contributed by atoms with van der Waals surface area (Å²) >= 11 is 0. The molecule has 0 spiro atoms. The number of aliphatic hydroxyl groups excluding tert-OH is 1. The molecule has 9 nitrogen and oxygen atoms in total. The average molecular weight is 249 g/mol. The van der Waals surface area contributed by atoms with Crippen molar-refractivity contribution in [1.29, 1.82) is 0 Å². The van der Waals surface area contributed by atoms with Crippen LogP contribution in [-0.2, 0) is 23.8 Å². The van der Waals surface area contributed by atoms with Crippen LogP contribution in [0.25, 0.3) is 0 Å². The summed E-state index contributed by atoms with van der Waals surface area (Å²) in [6.45, 7) is -0.662. The second-order valence-electron chi connectivity index (χ2n) is 3.65. The maximum absolute atomic E-state index is 10.9. The topological polar surface area (TPSA) is 117 Å². The molecule has 0 aliphatic carbocycles. The van der Waals surface area contributed by atoms with Crippen molar-refractivity contribution in [1.82, 2.24) is 0 Å². The van der Waals surface area contributed by atoms with E-state index >= 15 is 0 Å². The molecule has 9 heteroatoms. The van der Waals surface area contributed by atoms with Crippen LogP contribution in [0, 0.1) is 10.1 Å². The standard InChI is InChI=1S/C8H11NO8/c10-1-6(11)16-4-2-14-8-5(17-9(12)13)3-15-7(4)8/h4-5,7-8,10H,1-3H2/t4-,5+,7-,8-/m1/s1. The van der Waals surface area contributed by atoms with Crippen molar-refractivity contribution in [3.8, 4) is 0 Å². The molecule has 17 heavy (non-hydrogen) atoms. The van der Waals surface area contributed by atoms with Crippen LogP contribution in [0.3, 0.4) is 0 Å². The lowest BCUT2D eigenvalue weighted by molar-refractivity contribution is -0.769. The number of esters is 1. The Kier molecular flexibility index (Phi) is 3.41. The van der Waals surface area contributed by atoms with Gasteiger partial charge >= 0.3 is 5.97 Å². The molecule has 0 aromatic carbocycles. The van der Waals surface area contributed by atoms with Gasteiger partial charge in [-0.2, -0.15) is 0 Å². The first-order valence-corrected chi connectivity index (χ1v) is 4.96. The summed E-state index contributed by atoms with van der Waals surface area (Å²) in [6, 6.07) is 0. The molecule has 1 N–H and O–H groups in total. The van der Waals surface area contributed by atoms with Gasteiger partial charge in [-0.3, -0.25) is 0 Å². The number of rotatable bonds is 4. The van der Waals surface area contributed by atoms with Crippen molar-refractivity contribution < 1.29 is 34.0 Å². The zero-order valence-corrected chi connectivity index (χ0v) is 8.68. The molecular formula is C8H11NO8. The number of aliphatic hydroxyl groups is 1. The van der Waals surface area contributed by atoms with Crippen molar-refractivity contribution in [2.75, 3.05) is 19.8 Å². The van der Waals surface area contributed by atoms with Crippen LogP contribution in [0.15, 0.2) is 0 Å². The lowest BCUT2D eigenvalue weighted by Crippen LogP contribution is -2.36. The normalized spacial score (nSPS) is 35.4. The van der Waals surface area contributed by atoms with Gasteiger partial charge in [0.05, 0.1) is 13.2 Å². The molecule has 2 saturated heterocycles. The van der Waals surface area contributed by atoms with E-state index in [1.165, 1.54) is 0 Å². The summed E-state index contributed by atoms with van der Waals surface area (Å²) < 4.78 is 15.3. The first-order chi connectivity index (χ1) is 8.11. The Hall–Kier alpha value is -1.45. The lowest BCUT2D eigenvalue weighted by Gasteiger charge is -2.15. The Balaban J connectivity index is 1.92. The summed E-state index contributed by atoms with van der Waals surface area (Å²) in [7, 11) is 0. The Labute approximate surface area is 95.3 Å². The van der Waals surface area contributed by atoms with E-state index in [-0.39, 0.29) is 13.2 Å². The van der Waals surface area contributed by atoms with Crippen LogP contribution in [0.4, 0.5) is 0 Å². The van der Waals surface area contributed by atoms with Gasteiger partial charge in [-0.25, -0.2) is 4.79 Å². The van der Waals surface area contributed by atoms with Crippen LogP contribution in [0.2, 0.25) is 0 Å². The van der Waals surface area contributed by atoms with Gasteiger partial charge < -0.3 is 24.2 Å². The van der Waals surface area contributed by atoms with Gasteiger partial charge in [0.15, 0.2) is 12.2 Å². The Morgan fingerprint density at radius 3 is 2.53 bits per heavy atom. The monoisotopic (exact) mass is 249 g/mol. The minimum atomic E-state index is -0.910. The van der Waals surface area contributed by atoms with Gasteiger partial charge in [-0.1, -0.05) is 0 Å². The minimum Gasteiger partial charge on any atom is -0.455 e. The molecule has 0 radical (unpaired) electrons. The van der Waals surface area contributed by atoms with E-state index in [9.17, 15) is 14.9 Å². The second kappa shape index (κ2) is 4.82. The molecule has 2 fully saturated rings. The molecule has 2 heterocycles. The first-order valence-electron chi connectivity index (χ1n) is 4.96. The van der Waals surface area contributed by atoms with E-state index in [1.807, 2.05) is 0 Å².